The van der Waals surface area contributed by atoms with E-state index in [1.54, 1.807) is 13.3 Å². The van der Waals surface area contributed by atoms with Gasteiger partial charge in [-0.1, -0.05) is 25.4 Å². The van der Waals surface area contributed by atoms with Gasteiger partial charge in [0.2, 0.25) is 5.91 Å². The van der Waals surface area contributed by atoms with Gasteiger partial charge in [-0.3, -0.25) is 4.79 Å². The van der Waals surface area contributed by atoms with Gasteiger partial charge < -0.3 is 14.6 Å². The summed E-state index contributed by atoms with van der Waals surface area (Å²) in [7, 11) is 1.57. The minimum Gasteiger partial charge on any atom is -0.494 e. The summed E-state index contributed by atoms with van der Waals surface area (Å²) in [5.41, 5.74) is 1.19. The van der Waals surface area contributed by atoms with Crippen LogP contribution in [0.25, 0.3) is 11.0 Å². The van der Waals surface area contributed by atoms with Crippen molar-refractivity contribution in [3.8, 4) is 11.8 Å². The number of nitrogens with zero attached hydrogens (tertiary/aromatic N) is 3. The number of methoxy groups -OCH3 is 1. The number of hydrogen-bond acceptors (Lipinski definition) is 4. The van der Waals surface area contributed by atoms with Crippen LogP contribution in [0.3, 0.4) is 0 Å². The largest absolute Gasteiger partial charge is 0.494 e. The lowest BCUT2D eigenvalue weighted by Crippen LogP contribution is -2.52. The second kappa shape index (κ2) is 9.08. The number of H-pyrrole nitrogens is 1. The van der Waals surface area contributed by atoms with Crippen molar-refractivity contribution in [1.29, 1.82) is 5.26 Å². The summed E-state index contributed by atoms with van der Waals surface area (Å²) in [5, 5.41) is 10.9. The van der Waals surface area contributed by atoms with Gasteiger partial charge in [-0.05, 0) is 57.4 Å². The smallest absolute Gasteiger partial charge is 0.223 e. The Kier molecular flexibility index (Phi) is 6.85. The van der Waals surface area contributed by atoms with Crippen molar-refractivity contribution < 1.29 is 9.53 Å². The molecular weight excluding hydrogens is 412 g/mol. The monoisotopic (exact) mass is 444 g/mol. The van der Waals surface area contributed by atoms with Crippen LogP contribution in [0.1, 0.15) is 71.8 Å². The Balaban J connectivity index is 1.85. The molecule has 2 aromatic rings. The summed E-state index contributed by atoms with van der Waals surface area (Å²) >= 11 is 6.56. The van der Waals surface area contributed by atoms with Crippen molar-refractivity contribution in [1.82, 2.24) is 14.9 Å². The van der Waals surface area contributed by atoms with E-state index in [2.05, 4.69) is 29.9 Å². The van der Waals surface area contributed by atoms with Crippen LogP contribution >= 0.6 is 11.6 Å². The number of piperidine rings is 1. The number of hydrogen-bond donors (Lipinski definition) is 1. The Morgan fingerprint density at radius 3 is 2.81 bits per heavy atom. The van der Waals surface area contributed by atoms with Gasteiger partial charge in [0.05, 0.1) is 29.8 Å². The number of carbonyl (C=O) groups is 1. The molecule has 4 atom stereocenters. The molecule has 1 aliphatic rings. The number of nitrogens with one attached hydrogen (secondary N) is 1. The number of amides is 1. The number of ether oxygens (including phenoxy) is 1. The van der Waals surface area contributed by atoms with E-state index in [4.69, 9.17) is 16.3 Å². The fourth-order valence-electron chi connectivity index (χ4n) is 5.07. The maximum absolute atomic E-state index is 13.5. The molecule has 1 aliphatic heterocycles. The molecule has 1 N–H and O–H groups in total. The molecule has 1 saturated heterocycles. The van der Waals surface area contributed by atoms with Crippen LogP contribution in [0.4, 0.5) is 0 Å². The van der Waals surface area contributed by atoms with Gasteiger partial charge in [0, 0.05) is 30.1 Å². The lowest BCUT2D eigenvalue weighted by molar-refractivity contribution is -0.139. The molecule has 6 nitrogen and oxygen atoms in total. The zero-order valence-corrected chi connectivity index (χ0v) is 20.1. The number of aromatic amines is 1. The summed E-state index contributed by atoms with van der Waals surface area (Å²) in [6.45, 7) is 10.3. The van der Waals surface area contributed by atoms with Gasteiger partial charge in [-0.2, -0.15) is 5.26 Å². The standard InChI is InChI=1S/C24H33ClN4O2/c1-14-7-16(3)29(17(8-14)10-24(4,5)13-26)20(30)9-15(2)18-11-27-23-21(18)22(25)19(31-6)12-28-23/h11-12,14-17H,7-10H2,1-6H3,(H,27,28). The maximum atomic E-state index is 13.5. The van der Waals surface area contributed by atoms with Crippen molar-refractivity contribution in [2.24, 2.45) is 11.3 Å². The lowest BCUT2D eigenvalue weighted by atomic mass is 9.79. The summed E-state index contributed by atoms with van der Waals surface area (Å²) in [6.07, 6.45) is 6.48. The maximum Gasteiger partial charge on any atom is 0.223 e. The second-order valence-electron chi connectivity index (χ2n) is 9.79. The number of nitriles is 1. The van der Waals surface area contributed by atoms with Crippen molar-refractivity contribution in [3.05, 3.63) is 23.0 Å². The lowest BCUT2D eigenvalue weighted by Gasteiger charge is -2.45. The first-order valence-corrected chi connectivity index (χ1v) is 11.4. The highest BCUT2D eigenvalue weighted by atomic mass is 35.5. The summed E-state index contributed by atoms with van der Waals surface area (Å²) in [4.78, 5) is 23.1. The Bertz CT molecular complexity index is 993. The topological polar surface area (TPSA) is 82.0 Å². The highest BCUT2D eigenvalue weighted by Crippen LogP contribution is 2.39. The van der Waals surface area contributed by atoms with Crippen LogP contribution in [-0.4, -0.2) is 40.0 Å². The van der Waals surface area contributed by atoms with E-state index in [0.717, 1.165) is 23.8 Å². The predicted molar refractivity (Wildman–Crippen MR) is 123 cm³/mol. The first-order chi connectivity index (χ1) is 14.6. The molecule has 1 amide bonds. The van der Waals surface area contributed by atoms with Gasteiger partial charge >= 0.3 is 0 Å². The Morgan fingerprint density at radius 1 is 1.45 bits per heavy atom. The molecule has 2 aromatic heterocycles. The molecule has 3 rings (SSSR count). The van der Waals surface area contributed by atoms with E-state index in [1.165, 1.54) is 0 Å². The number of fused-ring (bicyclic) bond motifs is 1. The van der Waals surface area contributed by atoms with Gasteiger partial charge in [-0.15, -0.1) is 0 Å². The van der Waals surface area contributed by atoms with E-state index < -0.39 is 5.41 Å². The van der Waals surface area contributed by atoms with Crippen LogP contribution in [0.15, 0.2) is 12.4 Å². The molecule has 0 spiro atoms. The molecule has 31 heavy (non-hydrogen) atoms. The zero-order chi connectivity index (χ0) is 22.9. The molecule has 0 aromatic carbocycles. The second-order valence-corrected chi connectivity index (χ2v) is 10.2. The molecular formula is C24H33ClN4O2. The molecule has 7 heteroatoms. The number of aromatic nitrogens is 2. The molecule has 0 saturated carbocycles. The van der Waals surface area contributed by atoms with Crippen LogP contribution in [-0.2, 0) is 4.79 Å². The zero-order valence-electron chi connectivity index (χ0n) is 19.3. The first-order valence-electron chi connectivity index (χ1n) is 11.0. The van der Waals surface area contributed by atoms with Crippen LogP contribution in [0.5, 0.6) is 5.75 Å². The fraction of sp³-hybridized carbons (Fsp3) is 0.625. The minimum absolute atomic E-state index is 0.0381. The Morgan fingerprint density at radius 2 is 2.16 bits per heavy atom. The minimum atomic E-state index is -0.460. The average molecular weight is 445 g/mol. The number of halogens is 1. The SMILES string of the molecule is COc1cnc2[nH]cc(C(C)CC(=O)N3C(C)CC(C)CC3CC(C)(C)C#N)c2c1Cl. The molecule has 168 valence electrons. The quantitative estimate of drug-likeness (QED) is 0.621. The normalized spacial score (nSPS) is 22.9. The van der Waals surface area contributed by atoms with E-state index in [0.29, 0.717) is 35.2 Å². The molecule has 4 unspecified atom stereocenters. The highest BCUT2D eigenvalue weighted by molar-refractivity contribution is 6.37. The average Bonchev–Trinajstić information content (AvgIpc) is 3.12. The van der Waals surface area contributed by atoms with E-state index in [1.807, 2.05) is 31.9 Å². The van der Waals surface area contributed by atoms with Crippen molar-refractivity contribution in [2.75, 3.05) is 7.11 Å². The molecule has 0 radical (unpaired) electrons. The number of pyridine rings is 1. The van der Waals surface area contributed by atoms with E-state index in [9.17, 15) is 10.1 Å². The van der Waals surface area contributed by atoms with Gasteiger partial charge in [0.15, 0.2) is 5.75 Å². The van der Waals surface area contributed by atoms with Crippen LogP contribution in [0.2, 0.25) is 5.02 Å². The van der Waals surface area contributed by atoms with Gasteiger partial charge in [0.1, 0.15) is 5.65 Å². The van der Waals surface area contributed by atoms with Crippen molar-refractivity contribution in [2.45, 2.75) is 78.3 Å². The molecule has 1 fully saturated rings. The fourth-order valence-corrected chi connectivity index (χ4v) is 5.39. The first kappa shape index (κ1) is 23.4. The van der Waals surface area contributed by atoms with E-state index >= 15 is 0 Å². The van der Waals surface area contributed by atoms with Crippen LogP contribution < -0.4 is 4.74 Å². The Labute approximate surface area is 189 Å². The third-order valence-electron chi connectivity index (χ3n) is 6.49. The number of likely N-dealkylation sites (tertiary alicyclic amines) is 1. The van der Waals surface area contributed by atoms with Crippen LogP contribution in [0, 0.1) is 22.7 Å². The number of rotatable bonds is 6. The summed E-state index contributed by atoms with van der Waals surface area (Å²) < 4.78 is 5.32. The van der Waals surface area contributed by atoms with Crippen molar-refractivity contribution in [3.63, 3.8) is 0 Å². The Hall–Kier alpha value is -2.26. The number of carbonyl (C=O) groups excluding carboxylic acids is 1. The van der Waals surface area contributed by atoms with Gasteiger partial charge in [-0.25, -0.2) is 4.98 Å². The third kappa shape index (κ3) is 4.82. The van der Waals surface area contributed by atoms with E-state index in [-0.39, 0.29) is 23.9 Å². The van der Waals surface area contributed by atoms with Crippen molar-refractivity contribution >= 4 is 28.5 Å². The molecule has 0 aliphatic carbocycles. The predicted octanol–water partition coefficient (Wildman–Crippen LogP) is 5.67. The third-order valence-corrected chi connectivity index (χ3v) is 6.87. The molecule has 3 heterocycles. The summed E-state index contributed by atoms with van der Waals surface area (Å²) in [6, 6.07) is 2.65. The highest BCUT2D eigenvalue weighted by Gasteiger charge is 2.38. The summed E-state index contributed by atoms with van der Waals surface area (Å²) in [5.74, 6) is 1.16. The van der Waals surface area contributed by atoms with Gasteiger partial charge in [0.25, 0.3) is 0 Å². The molecule has 0 bridgehead atoms.